The molecule has 0 atom stereocenters. The molecule has 3 rings (SSSR count). The molecule has 120 valence electrons. The first kappa shape index (κ1) is 15.6. The molecule has 0 aromatic heterocycles. The zero-order valence-electron chi connectivity index (χ0n) is 13.3. The number of nitrogens with two attached hydrogens (primary N) is 2. The largest absolute Gasteiger partial charge is 0.455 e. The van der Waals surface area contributed by atoms with Crippen LogP contribution in [-0.4, -0.2) is 5.78 Å². The van der Waals surface area contributed by atoms with Crippen molar-refractivity contribution in [2.75, 3.05) is 11.5 Å². The topological polar surface area (TPSA) is 78.3 Å². The maximum absolute atomic E-state index is 12.6. The van der Waals surface area contributed by atoms with Crippen molar-refractivity contribution in [2.24, 2.45) is 0 Å². The van der Waals surface area contributed by atoms with Gasteiger partial charge in [0.2, 0.25) is 0 Å². The van der Waals surface area contributed by atoms with E-state index in [0.717, 1.165) is 5.56 Å². The molecule has 0 spiro atoms. The highest BCUT2D eigenvalue weighted by Crippen LogP contribution is 2.34. The van der Waals surface area contributed by atoms with Gasteiger partial charge in [-0.15, -0.1) is 0 Å². The van der Waals surface area contributed by atoms with Crippen LogP contribution < -0.4 is 16.2 Å². The van der Waals surface area contributed by atoms with Crippen LogP contribution in [0.3, 0.4) is 0 Å². The van der Waals surface area contributed by atoms with E-state index in [1.54, 1.807) is 24.3 Å². The summed E-state index contributed by atoms with van der Waals surface area (Å²) >= 11 is 0. The molecule has 0 bridgehead atoms. The second kappa shape index (κ2) is 6.46. The van der Waals surface area contributed by atoms with Crippen LogP contribution in [0.2, 0.25) is 0 Å². The van der Waals surface area contributed by atoms with Gasteiger partial charge in [-0.2, -0.15) is 0 Å². The Kier molecular flexibility index (Phi) is 4.20. The Hall–Kier alpha value is -3.27. The molecule has 4 heteroatoms. The lowest BCUT2D eigenvalue weighted by molar-refractivity contribution is 0.103. The van der Waals surface area contributed by atoms with Gasteiger partial charge in [0, 0.05) is 11.1 Å². The summed E-state index contributed by atoms with van der Waals surface area (Å²) in [5.41, 5.74) is 14.7. The first-order valence-electron chi connectivity index (χ1n) is 7.58. The number of hydrogen-bond acceptors (Lipinski definition) is 4. The fourth-order valence-electron chi connectivity index (χ4n) is 2.38. The number of nitrogen functional groups attached to an aromatic ring is 2. The van der Waals surface area contributed by atoms with Crippen molar-refractivity contribution in [1.29, 1.82) is 0 Å². The second-order valence-electron chi connectivity index (χ2n) is 5.55. The first-order chi connectivity index (χ1) is 11.6. The number of anilines is 2. The van der Waals surface area contributed by atoms with Gasteiger partial charge in [0.25, 0.3) is 0 Å². The second-order valence-corrected chi connectivity index (χ2v) is 5.55. The van der Waals surface area contributed by atoms with Crippen LogP contribution in [0.25, 0.3) is 0 Å². The Bertz CT molecular complexity index is 872. The minimum atomic E-state index is -0.165. The molecule has 24 heavy (non-hydrogen) atoms. The molecule has 0 amide bonds. The van der Waals surface area contributed by atoms with Crippen molar-refractivity contribution >= 4 is 17.2 Å². The molecule has 4 nitrogen and oxygen atoms in total. The summed E-state index contributed by atoms with van der Waals surface area (Å²) in [6.45, 7) is 2.00. The Morgan fingerprint density at radius 3 is 2.17 bits per heavy atom. The van der Waals surface area contributed by atoms with Gasteiger partial charge in [0.05, 0.1) is 11.4 Å². The predicted octanol–water partition coefficient (Wildman–Crippen LogP) is 4.18. The van der Waals surface area contributed by atoms with Gasteiger partial charge in [0.15, 0.2) is 11.5 Å². The van der Waals surface area contributed by atoms with Gasteiger partial charge in [-0.1, -0.05) is 48.0 Å². The zero-order valence-corrected chi connectivity index (χ0v) is 13.3. The minimum Gasteiger partial charge on any atom is -0.455 e. The molecule has 0 unspecified atom stereocenters. The van der Waals surface area contributed by atoms with Crippen molar-refractivity contribution < 1.29 is 9.53 Å². The zero-order chi connectivity index (χ0) is 17.1. The number of benzene rings is 3. The number of carbonyl (C=O) groups excluding carboxylic acids is 1. The third-order valence-electron chi connectivity index (χ3n) is 3.78. The minimum absolute atomic E-state index is 0.165. The van der Waals surface area contributed by atoms with Crippen LogP contribution >= 0.6 is 0 Å². The van der Waals surface area contributed by atoms with E-state index in [2.05, 4.69) is 0 Å². The molecule has 3 aromatic rings. The number of rotatable bonds is 4. The van der Waals surface area contributed by atoms with Crippen molar-refractivity contribution in [3.8, 4) is 11.5 Å². The van der Waals surface area contributed by atoms with Gasteiger partial charge in [-0.05, 0) is 31.2 Å². The van der Waals surface area contributed by atoms with E-state index in [0.29, 0.717) is 22.6 Å². The maximum atomic E-state index is 12.6. The molecule has 0 saturated heterocycles. The van der Waals surface area contributed by atoms with Crippen LogP contribution in [0, 0.1) is 6.92 Å². The van der Waals surface area contributed by atoms with Gasteiger partial charge in [-0.25, -0.2) is 0 Å². The van der Waals surface area contributed by atoms with E-state index >= 15 is 0 Å². The molecule has 3 aromatic carbocycles. The summed E-state index contributed by atoms with van der Waals surface area (Å²) in [4.78, 5) is 12.6. The molecular weight excluding hydrogens is 300 g/mol. The van der Waals surface area contributed by atoms with Gasteiger partial charge < -0.3 is 16.2 Å². The molecule has 4 N–H and O–H groups in total. The fourth-order valence-corrected chi connectivity index (χ4v) is 2.38. The van der Waals surface area contributed by atoms with Crippen molar-refractivity contribution in [1.82, 2.24) is 0 Å². The predicted molar refractivity (Wildman–Crippen MR) is 96.4 cm³/mol. The third kappa shape index (κ3) is 3.08. The molecule has 0 fully saturated rings. The Labute approximate surface area is 140 Å². The number of ether oxygens (including phenoxy) is 1. The van der Waals surface area contributed by atoms with E-state index < -0.39 is 0 Å². The van der Waals surface area contributed by atoms with Crippen molar-refractivity contribution in [3.63, 3.8) is 0 Å². The summed E-state index contributed by atoms with van der Waals surface area (Å²) in [5, 5.41) is 0. The van der Waals surface area contributed by atoms with E-state index in [9.17, 15) is 4.79 Å². The summed E-state index contributed by atoms with van der Waals surface area (Å²) in [7, 11) is 0. The van der Waals surface area contributed by atoms with Gasteiger partial charge in [0.1, 0.15) is 5.75 Å². The highest BCUT2D eigenvalue weighted by atomic mass is 16.5. The van der Waals surface area contributed by atoms with Crippen LogP contribution in [0.4, 0.5) is 11.4 Å². The first-order valence-corrected chi connectivity index (χ1v) is 7.58. The highest BCUT2D eigenvalue weighted by molar-refractivity contribution is 6.13. The number of carbonyl (C=O) groups is 1. The highest BCUT2D eigenvalue weighted by Gasteiger charge is 2.16. The van der Waals surface area contributed by atoms with E-state index in [4.69, 9.17) is 16.2 Å². The molecule has 0 saturated carbocycles. The standard InChI is InChI=1S/C20H18N2O2/c1-13-7-9-15(10-8-13)24-17-12-11-16(18(21)19(17)22)20(23)14-5-3-2-4-6-14/h2-12H,21-22H2,1H3. The summed E-state index contributed by atoms with van der Waals surface area (Å²) in [5.74, 6) is 0.927. The Balaban J connectivity index is 1.91. The lowest BCUT2D eigenvalue weighted by Gasteiger charge is -2.13. The van der Waals surface area contributed by atoms with Crippen molar-refractivity contribution in [2.45, 2.75) is 6.92 Å². The molecule has 0 heterocycles. The number of ketones is 1. The number of aryl methyl sites for hydroxylation is 1. The van der Waals surface area contributed by atoms with E-state index in [-0.39, 0.29) is 17.2 Å². The van der Waals surface area contributed by atoms with E-state index in [1.807, 2.05) is 49.4 Å². The van der Waals surface area contributed by atoms with E-state index in [1.165, 1.54) is 0 Å². The van der Waals surface area contributed by atoms with Crippen LogP contribution in [0.5, 0.6) is 11.5 Å². The lowest BCUT2D eigenvalue weighted by atomic mass is 10.0. The maximum Gasteiger partial charge on any atom is 0.195 e. The molecule has 0 aliphatic heterocycles. The van der Waals surface area contributed by atoms with Crippen LogP contribution in [-0.2, 0) is 0 Å². The SMILES string of the molecule is Cc1ccc(Oc2ccc(C(=O)c3ccccc3)c(N)c2N)cc1. The number of hydrogen-bond donors (Lipinski definition) is 2. The Morgan fingerprint density at radius 2 is 1.50 bits per heavy atom. The fraction of sp³-hybridized carbons (Fsp3) is 0.0500. The average Bonchev–Trinajstić information content (AvgIpc) is 2.61. The van der Waals surface area contributed by atoms with Crippen LogP contribution in [0.15, 0.2) is 66.7 Å². The normalized spacial score (nSPS) is 10.4. The third-order valence-corrected chi connectivity index (χ3v) is 3.78. The lowest BCUT2D eigenvalue weighted by Crippen LogP contribution is -2.08. The van der Waals surface area contributed by atoms with Gasteiger partial charge in [-0.3, -0.25) is 4.79 Å². The molecule has 0 aliphatic rings. The molecule has 0 radical (unpaired) electrons. The van der Waals surface area contributed by atoms with Crippen LogP contribution in [0.1, 0.15) is 21.5 Å². The molecule has 0 aliphatic carbocycles. The summed E-state index contributed by atoms with van der Waals surface area (Å²) < 4.78 is 5.77. The quantitative estimate of drug-likeness (QED) is 0.558. The summed E-state index contributed by atoms with van der Waals surface area (Å²) in [6.07, 6.45) is 0. The Morgan fingerprint density at radius 1 is 0.833 bits per heavy atom. The molecular formula is C20H18N2O2. The van der Waals surface area contributed by atoms with Gasteiger partial charge >= 0.3 is 0 Å². The summed E-state index contributed by atoms with van der Waals surface area (Å²) in [6, 6.07) is 19.9. The average molecular weight is 318 g/mol. The van der Waals surface area contributed by atoms with Crippen molar-refractivity contribution in [3.05, 3.63) is 83.4 Å². The smallest absolute Gasteiger partial charge is 0.195 e. The monoisotopic (exact) mass is 318 g/mol.